The summed E-state index contributed by atoms with van der Waals surface area (Å²) in [6, 6.07) is 102. The van der Waals surface area contributed by atoms with Crippen LogP contribution in [0.3, 0.4) is 0 Å². The number of halogens is 1. The Kier molecular flexibility index (Phi) is 17.9. The maximum atomic E-state index is 6.22. The number of aromatic nitrogens is 7. The van der Waals surface area contributed by atoms with Crippen LogP contribution < -0.4 is 75.2 Å². The van der Waals surface area contributed by atoms with Crippen molar-refractivity contribution in [3.63, 3.8) is 0 Å². The van der Waals surface area contributed by atoms with Crippen LogP contribution in [0, 0.1) is 20.8 Å². The van der Waals surface area contributed by atoms with Gasteiger partial charge in [-0.1, -0.05) is 147 Å². The molecule has 0 spiro atoms. The molecule has 0 atom stereocenters. The highest BCUT2D eigenvalue weighted by Gasteiger charge is 2.35. The van der Waals surface area contributed by atoms with Crippen molar-refractivity contribution in [1.82, 2.24) is 0 Å². The summed E-state index contributed by atoms with van der Waals surface area (Å²) in [7, 11) is 0.295. The fraction of sp³-hybridized carbons (Fsp3) is 0.133. The smallest absolute Gasteiger partial charge is 0.371 e. The molecule has 7 aliphatic rings. The average molecular weight is 1640 g/mol. The molecule has 0 bridgehead atoms. The summed E-state index contributed by atoms with van der Waals surface area (Å²) in [4.78, 5) is 0. The number of pyridine rings is 7. The van der Waals surface area contributed by atoms with Gasteiger partial charge in [0.25, 0.3) is 52.3 Å². The molecule has 122 heavy (non-hydrogen) atoms. The summed E-state index contributed by atoms with van der Waals surface area (Å²) < 4.78 is 61.5. The third-order valence-electron chi connectivity index (χ3n) is 24.7. The minimum absolute atomic E-state index is 0.478. The summed E-state index contributed by atoms with van der Waals surface area (Å²) in [6.07, 6.45) is 4.14. The van der Waals surface area contributed by atoms with Crippen LogP contribution >= 0.6 is 11.6 Å². The maximum Gasteiger partial charge on any atom is 0.371 e. The first kappa shape index (κ1) is 74.0. The number of nitrogens with zero attached hydrogens (tertiary/aromatic N) is 7. The van der Waals surface area contributed by atoms with Gasteiger partial charge in [0.05, 0.1) is 50.9 Å². The molecular weight excluding hydrogens is 1550 g/mol. The van der Waals surface area contributed by atoms with Gasteiger partial charge in [0.15, 0.2) is 37.2 Å². The van der Waals surface area contributed by atoms with Crippen molar-refractivity contribution in [3.05, 3.63) is 326 Å². The molecule has 7 aliphatic heterocycles. The van der Waals surface area contributed by atoms with Crippen LogP contribution in [0.4, 0.5) is 0 Å². The topological polar surface area (TPSA) is 101 Å². The summed E-state index contributed by atoms with van der Waals surface area (Å²) in [6.45, 7) is 17.5. The van der Waals surface area contributed by atoms with E-state index in [9.17, 15) is 0 Å². The van der Waals surface area contributed by atoms with Gasteiger partial charge in [-0.05, 0) is 189 Å². The predicted octanol–water partition coefficient (Wildman–Crippen LogP) is 20.5. The zero-order valence-corrected chi connectivity index (χ0v) is 70.3. The average Bonchev–Trinajstić information content (AvgIpc) is 0.714. The van der Waals surface area contributed by atoms with Crippen molar-refractivity contribution in [2.24, 2.45) is 0 Å². The molecule has 0 saturated heterocycles. The van der Waals surface area contributed by atoms with Crippen LogP contribution in [0.5, 0.6) is 46.1 Å². The molecule has 0 amide bonds. The number of hydrogen-bond donors (Lipinski definition) is 0. The van der Waals surface area contributed by atoms with Crippen LogP contribution in [0.15, 0.2) is 304 Å². The Hall–Kier alpha value is -14.3. The first-order valence-electron chi connectivity index (χ1n) is 41.4. The normalized spacial score (nSPS) is 13.3. The third-order valence-corrected chi connectivity index (χ3v) is 27.0. The molecular formula is C105H85ClN7O8Si+7. The highest BCUT2D eigenvalue weighted by Crippen LogP contribution is 2.42. The number of aryl methyl sites for hydroxylation is 3. The highest BCUT2D eigenvalue weighted by molar-refractivity contribution is 6.87. The molecule has 0 saturated carbocycles. The zero-order chi connectivity index (χ0) is 82.2. The Morgan fingerprint density at radius 3 is 0.975 bits per heavy atom. The minimum Gasteiger partial charge on any atom is -0.448 e. The van der Waals surface area contributed by atoms with E-state index >= 15 is 0 Å². The van der Waals surface area contributed by atoms with E-state index in [-0.39, 0.29) is 0 Å². The summed E-state index contributed by atoms with van der Waals surface area (Å²) in [5.74, 6) is 7.76. The van der Waals surface area contributed by atoms with E-state index in [1.54, 1.807) is 7.11 Å². The predicted molar refractivity (Wildman–Crippen MR) is 485 cm³/mol. The molecule has 0 aliphatic carbocycles. The second kappa shape index (κ2) is 29.6. The maximum absolute atomic E-state index is 6.22. The lowest BCUT2D eigenvalue weighted by Gasteiger charge is -2.21. The highest BCUT2D eigenvalue weighted by atomic mass is 35.5. The van der Waals surface area contributed by atoms with Crippen molar-refractivity contribution in [2.75, 3.05) is 7.11 Å². The lowest BCUT2D eigenvalue weighted by atomic mass is 10.0. The van der Waals surface area contributed by atoms with Crippen LogP contribution in [-0.2, 0) is 47.1 Å². The molecule has 0 radical (unpaired) electrons. The Labute approximate surface area is 708 Å². The fourth-order valence-electron chi connectivity index (χ4n) is 18.9. The molecule has 15 nitrogen and oxygen atoms in total. The lowest BCUT2D eigenvalue weighted by Crippen LogP contribution is -2.62. The molecule has 14 heterocycles. The molecule has 7 aromatic heterocycles. The summed E-state index contributed by atoms with van der Waals surface area (Å²) in [5, 5.41) is 28.1. The van der Waals surface area contributed by atoms with Crippen LogP contribution in [0.25, 0.3) is 152 Å². The van der Waals surface area contributed by atoms with E-state index < -0.39 is 8.07 Å². The molecule has 0 fully saturated rings. The minimum atomic E-state index is -1.39. The van der Waals surface area contributed by atoms with Crippen LogP contribution in [0.1, 0.15) is 17.0 Å². The molecule has 28 rings (SSSR count). The monoisotopic (exact) mass is 1630 g/mol. The molecule has 14 aromatic carbocycles. The molecule has 0 unspecified atom stereocenters. The quantitative estimate of drug-likeness (QED) is 0.0730. The lowest BCUT2D eigenvalue weighted by molar-refractivity contribution is -0.707. The van der Waals surface area contributed by atoms with Gasteiger partial charge >= 0.3 is 5.88 Å². The summed E-state index contributed by atoms with van der Waals surface area (Å²) >= 11 is 6.22. The van der Waals surface area contributed by atoms with Gasteiger partial charge in [-0.3, -0.25) is 0 Å². The van der Waals surface area contributed by atoms with E-state index in [1.165, 1.54) is 163 Å². The van der Waals surface area contributed by atoms with E-state index in [0.717, 1.165) is 57.0 Å². The second-order valence-corrected chi connectivity index (χ2v) is 38.3. The van der Waals surface area contributed by atoms with E-state index in [0.29, 0.717) is 52.3 Å². The van der Waals surface area contributed by atoms with E-state index in [4.69, 9.17) is 49.5 Å². The van der Waals surface area contributed by atoms with Gasteiger partial charge in [-0.2, -0.15) is 22.8 Å². The van der Waals surface area contributed by atoms with Crippen LogP contribution in [0.2, 0.25) is 24.8 Å². The van der Waals surface area contributed by atoms with Gasteiger partial charge in [0, 0.05) is 81.9 Å². The number of ether oxygens (including phenoxy) is 8. The largest absolute Gasteiger partial charge is 0.448 e. The van der Waals surface area contributed by atoms with Crippen molar-refractivity contribution in [1.29, 1.82) is 0 Å². The van der Waals surface area contributed by atoms with Gasteiger partial charge in [-0.25, -0.2) is 0 Å². The number of methoxy groups -OCH3 is 1. The number of rotatable bonds is 2. The van der Waals surface area contributed by atoms with Crippen molar-refractivity contribution >= 4 is 177 Å². The summed E-state index contributed by atoms with van der Waals surface area (Å²) in [5.41, 5.74) is 12.5. The van der Waals surface area contributed by atoms with Crippen molar-refractivity contribution < 1.29 is 69.9 Å². The van der Waals surface area contributed by atoms with Crippen molar-refractivity contribution in [3.8, 4) is 46.1 Å². The first-order chi connectivity index (χ1) is 59.7. The molecule has 21 aromatic rings. The first-order valence-corrected chi connectivity index (χ1v) is 45.3. The Morgan fingerprint density at radius 1 is 0.262 bits per heavy atom. The molecule has 17 heteroatoms. The Balaban J connectivity index is 0.0000000851. The fourth-order valence-corrected chi connectivity index (χ4v) is 20.6. The Morgan fingerprint density at radius 2 is 0.549 bits per heavy atom. The second-order valence-electron chi connectivity index (χ2n) is 32.9. The SMILES string of the molecule is COc1ccc2ccc3cccc4c3c2[n+]1CO4.C[Si](C)(C)c1ccc2ccc3cccc4c3c2[n+]1CO4.Cc1ccc2ccc3ccc[n+]4c3c2c1OC4.Cc1ccc2ccc3cccc4c3c2[n+]1CO4.Cc1ccc2ccc3cccc4c3c2[n+]1CO4.Clc1ccc2ccc3cccc4c3c2[n+]1CO4.c1cc2c3c(c1)ccc1ccc[n+](c13)CO2. The standard InChI is InChI=1S/C17H18NOSi.C15H12NO2.3C15H12NO.C14H9ClNO.C14H10NO/c1-20(2,3)15-10-9-13-8-7-12-5-4-6-14-16(12)17(13)18(15)11-19-14;1-17-13-8-7-11-6-5-10-3-2-4-12-14(10)15(11)16(13)9-18-12;1-10-4-5-11-6-7-12-3-2-8-16-9-17-15(10)13(11)14(12)16;2*1-10-5-6-12-8-7-11-3-2-4-13-14(11)15(12)16(10)9-17-13;15-12-7-6-10-5-4-9-2-1-3-11-13(9)14(10)16(12)8-17-11;1-3-10-6-7-11-4-2-8-15-9-16-12(5-1)13(10)14(11)15/h4-10H,11H2,1-3H3;2-8H,9H2,1H3;3*2-8H,9H2,1H3;1-7H,8H2;1-8H,9H2/q7*+1. The van der Waals surface area contributed by atoms with Gasteiger partial charge in [0.2, 0.25) is 38.6 Å². The Bertz CT molecular complexity index is 7450. The number of benzene rings is 14. The van der Waals surface area contributed by atoms with Crippen molar-refractivity contribution in [2.45, 2.75) is 87.5 Å². The van der Waals surface area contributed by atoms with Gasteiger partial charge < -0.3 is 37.9 Å². The van der Waals surface area contributed by atoms with Gasteiger partial charge in [0.1, 0.15) is 40.2 Å². The molecule has 592 valence electrons. The van der Waals surface area contributed by atoms with Gasteiger partial charge in [-0.15, -0.1) is 9.13 Å². The van der Waals surface area contributed by atoms with E-state index in [1.807, 2.05) is 65.2 Å². The third kappa shape index (κ3) is 12.4. The van der Waals surface area contributed by atoms with E-state index in [2.05, 4.69) is 311 Å². The molecule has 0 N–H and O–H groups in total. The number of hydrogen-bond acceptors (Lipinski definition) is 8. The van der Waals surface area contributed by atoms with Crippen LogP contribution in [-0.4, -0.2) is 15.2 Å². The zero-order valence-electron chi connectivity index (χ0n) is 68.6.